The molecule has 148 valence electrons. The monoisotopic (exact) mass is 397 g/mol. The molecular formula is C23H19N5O2. The summed E-state index contributed by atoms with van der Waals surface area (Å²) in [6, 6.07) is 23.3. The van der Waals surface area contributed by atoms with Gasteiger partial charge in [-0.2, -0.15) is 0 Å². The molecule has 30 heavy (non-hydrogen) atoms. The fourth-order valence-corrected chi connectivity index (χ4v) is 2.93. The number of ether oxygens (including phenoxy) is 1. The number of anilines is 3. The van der Waals surface area contributed by atoms with Gasteiger partial charge in [-0.15, -0.1) is 0 Å². The summed E-state index contributed by atoms with van der Waals surface area (Å²) in [7, 11) is 0. The Bertz CT molecular complexity index is 1180. The number of nitrogens with two attached hydrogens (primary N) is 2. The van der Waals surface area contributed by atoms with Gasteiger partial charge in [-0.3, -0.25) is 4.79 Å². The quantitative estimate of drug-likeness (QED) is 0.431. The van der Waals surface area contributed by atoms with E-state index in [2.05, 4.69) is 15.3 Å². The molecule has 0 atom stereocenters. The van der Waals surface area contributed by atoms with Crippen molar-refractivity contribution in [3.8, 4) is 22.8 Å². The smallest absolute Gasteiger partial charge is 0.255 e. The standard InChI is InChI=1S/C23H19N5O2/c24-17-7-4-8-19(13-17)30-23-20(21(25)26-14-27-23)15-9-11-18(12-10-15)28-22(29)16-5-2-1-3-6-16/h1-14H,24H2,(H,28,29)(H2,25,26,27). The van der Waals surface area contributed by atoms with Crippen LogP contribution < -0.4 is 21.5 Å². The molecule has 0 bridgehead atoms. The lowest BCUT2D eigenvalue weighted by Gasteiger charge is -2.13. The fraction of sp³-hybridized carbons (Fsp3) is 0. The number of amides is 1. The summed E-state index contributed by atoms with van der Waals surface area (Å²) in [6.07, 6.45) is 1.34. The van der Waals surface area contributed by atoms with Crippen molar-refractivity contribution in [3.05, 3.63) is 90.8 Å². The van der Waals surface area contributed by atoms with Gasteiger partial charge in [0.25, 0.3) is 5.91 Å². The molecule has 1 heterocycles. The summed E-state index contributed by atoms with van der Waals surface area (Å²) in [5.74, 6) is 0.955. The SMILES string of the molecule is Nc1cccc(Oc2ncnc(N)c2-c2ccc(NC(=O)c3ccccc3)cc2)c1. The zero-order valence-electron chi connectivity index (χ0n) is 15.9. The highest BCUT2D eigenvalue weighted by molar-refractivity contribution is 6.04. The van der Waals surface area contributed by atoms with E-state index in [1.54, 1.807) is 48.5 Å². The summed E-state index contributed by atoms with van der Waals surface area (Å²) in [5.41, 5.74) is 15.1. The molecule has 7 heteroatoms. The number of nitrogens with one attached hydrogen (secondary N) is 1. The Balaban J connectivity index is 1.59. The van der Waals surface area contributed by atoms with E-state index in [0.717, 1.165) is 5.56 Å². The highest BCUT2D eigenvalue weighted by Gasteiger charge is 2.15. The highest BCUT2D eigenvalue weighted by atomic mass is 16.5. The van der Waals surface area contributed by atoms with Gasteiger partial charge in [0.2, 0.25) is 5.88 Å². The number of nitrogen functional groups attached to an aromatic ring is 2. The Kier molecular flexibility index (Phi) is 5.25. The second-order valence-electron chi connectivity index (χ2n) is 6.51. The lowest BCUT2D eigenvalue weighted by Crippen LogP contribution is -2.11. The second-order valence-corrected chi connectivity index (χ2v) is 6.51. The molecule has 1 aromatic heterocycles. The molecule has 0 aliphatic rings. The highest BCUT2D eigenvalue weighted by Crippen LogP contribution is 2.35. The zero-order valence-corrected chi connectivity index (χ0v) is 15.9. The molecule has 0 aliphatic heterocycles. The predicted octanol–water partition coefficient (Wildman–Crippen LogP) is 4.35. The van der Waals surface area contributed by atoms with Crippen molar-refractivity contribution >= 4 is 23.1 Å². The fourth-order valence-electron chi connectivity index (χ4n) is 2.93. The zero-order chi connectivity index (χ0) is 20.9. The van der Waals surface area contributed by atoms with Crippen LogP contribution in [0.4, 0.5) is 17.2 Å². The van der Waals surface area contributed by atoms with Gasteiger partial charge in [0.05, 0.1) is 5.56 Å². The second kappa shape index (κ2) is 8.32. The van der Waals surface area contributed by atoms with Crippen LogP contribution in [0.25, 0.3) is 11.1 Å². The first-order valence-corrected chi connectivity index (χ1v) is 9.21. The van der Waals surface area contributed by atoms with Crippen molar-refractivity contribution in [1.29, 1.82) is 0 Å². The maximum atomic E-state index is 12.3. The molecule has 5 N–H and O–H groups in total. The van der Waals surface area contributed by atoms with Gasteiger partial charge in [0.15, 0.2) is 0 Å². The number of hydrogen-bond donors (Lipinski definition) is 3. The van der Waals surface area contributed by atoms with Crippen LogP contribution in [0.15, 0.2) is 85.2 Å². The molecule has 7 nitrogen and oxygen atoms in total. The van der Waals surface area contributed by atoms with Crippen LogP contribution in [0.1, 0.15) is 10.4 Å². The molecule has 0 unspecified atom stereocenters. The third kappa shape index (κ3) is 4.20. The molecule has 0 saturated carbocycles. The van der Waals surface area contributed by atoms with Crippen molar-refractivity contribution in [2.75, 3.05) is 16.8 Å². The lowest BCUT2D eigenvalue weighted by molar-refractivity contribution is 0.102. The van der Waals surface area contributed by atoms with Gasteiger partial charge in [0.1, 0.15) is 17.9 Å². The van der Waals surface area contributed by atoms with E-state index in [4.69, 9.17) is 16.2 Å². The number of nitrogens with zero attached hydrogens (tertiary/aromatic N) is 2. The molecule has 1 amide bonds. The summed E-state index contributed by atoms with van der Waals surface area (Å²) in [4.78, 5) is 20.6. The van der Waals surface area contributed by atoms with Crippen molar-refractivity contribution in [2.45, 2.75) is 0 Å². The van der Waals surface area contributed by atoms with E-state index < -0.39 is 0 Å². The van der Waals surface area contributed by atoms with E-state index in [-0.39, 0.29) is 11.7 Å². The normalized spacial score (nSPS) is 10.4. The number of hydrogen-bond acceptors (Lipinski definition) is 6. The van der Waals surface area contributed by atoms with Crippen LogP contribution in [-0.4, -0.2) is 15.9 Å². The minimum absolute atomic E-state index is 0.184. The van der Waals surface area contributed by atoms with Crippen molar-refractivity contribution in [3.63, 3.8) is 0 Å². The number of benzene rings is 3. The van der Waals surface area contributed by atoms with Crippen molar-refractivity contribution in [2.24, 2.45) is 0 Å². The largest absolute Gasteiger partial charge is 0.438 e. The Morgan fingerprint density at radius 2 is 1.63 bits per heavy atom. The average Bonchev–Trinajstić information content (AvgIpc) is 2.75. The van der Waals surface area contributed by atoms with Gasteiger partial charge in [-0.05, 0) is 42.0 Å². The summed E-state index contributed by atoms with van der Waals surface area (Å²) in [5, 5.41) is 2.87. The van der Waals surface area contributed by atoms with Crippen molar-refractivity contribution in [1.82, 2.24) is 9.97 Å². The number of carbonyl (C=O) groups is 1. The van der Waals surface area contributed by atoms with Crippen LogP contribution in [0, 0.1) is 0 Å². The average molecular weight is 397 g/mol. The van der Waals surface area contributed by atoms with Crippen molar-refractivity contribution < 1.29 is 9.53 Å². The van der Waals surface area contributed by atoms with Crippen LogP contribution in [0.3, 0.4) is 0 Å². The summed E-state index contributed by atoms with van der Waals surface area (Å²) < 4.78 is 5.90. The van der Waals surface area contributed by atoms with E-state index in [0.29, 0.717) is 34.1 Å². The topological polar surface area (TPSA) is 116 Å². The van der Waals surface area contributed by atoms with Crippen LogP contribution in [-0.2, 0) is 0 Å². The van der Waals surface area contributed by atoms with Gasteiger partial charge < -0.3 is 21.5 Å². The Labute approximate surface area is 173 Å². The van der Waals surface area contributed by atoms with Gasteiger partial charge in [-0.1, -0.05) is 36.4 Å². The molecule has 0 saturated heterocycles. The van der Waals surface area contributed by atoms with Crippen LogP contribution in [0.5, 0.6) is 11.6 Å². The minimum atomic E-state index is -0.184. The van der Waals surface area contributed by atoms with E-state index in [9.17, 15) is 4.79 Å². The maximum absolute atomic E-state index is 12.3. The molecular weight excluding hydrogens is 378 g/mol. The third-order valence-electron chi connectivity index (χ3n) is 4.38. The summed E-state index contributed by atoms with van der Waals surface area (Å²) >= 11 is 0. The maximum Gasteiger partial charge on any atom is 0.255 e. The van der Waals surface area contributed by atoms with Gasteiger partial charge >= 0.3 is 0 Å². The first-order valence-electron chi connectivity index (χ1n) is 9.21. The first-order chi connectivity index (χ1) is 14.6. The van der Waals surface area contributed by atoms with Gasteiger partial charge in [0, 0.05) is 23.0 Å². The van der Waals surface area contributed by atoms with E-state index >= 15 is 0 Å². The predicted molar refractivity (Wildman–Crippen MR) is 117 cm³/mol. The van der Waals surface area contributed by atoms with E-state index in [1.165, 1.54) is 6.33 Å². The Morgan fingerprint density at radius 3 is 2.37 bits per heavy atom. The third-order valence-corrected chi connectivity index (χ3v) is 4.38. The Hall–Kier alpha value is -4.39. The first kappa shape index (κ1) is 18.9. The molecule has 0 spiro atoms. The number of rotatable bonds is 5. The lowest BCUT2D eigenvalue weighted by atomic mass is 10.1. The van der Waals surface area contributed by atoms with Crippen LogP contribution >= 0.6 is 0 Å². The van der Waals surface area contributed by atoms with E-state index in [1.807, 2.05) is 30.3 Å². The summed E-state index contributed by atoms with van der Waals surface area (Å²) in [6.45, 7) is 0. The molecule has 3 aromatic carbocycles. The number of carbonyl (C=O) groups excluding carboxylic acids is 1. The molecule has 4 aromatic rings. The van der Waals surface area contributed by atoms with Gasteiger partial charge in [-0.25, -0.2) is 9.97 Å². The number of aromatic nitrogens is 2. The minimum Gasteiger partial charge on any atom is -0.438 e. The van der Waals surface area contributed by atoms with Crippen LogP contribution in [0.2, 0.25) is 0 Å². The molecule has 4 rings (SSSR count). The molecule has 0 radical (unpaired) electrons. The molecule has 0 aliphatic carbocycles. The Morgan fingerprint density at radius 1 is 0.867 bits per heavy atom. The molecule has 0 fully saturated rings.